The van der Waals surface area contributed by atoms with E-state index >= 15 is 0 Å². The SMILES string of the molecule is Cc1cc(=O)c(C(=O)NCc2ccc3c(c2)OCO3)c[nH]1. The number of amides is 1. The van der Waals surface area contributed by atoms with Gasteiger partial charge in [-0.2, -0.15) is 0 Å². The molecule has 1 aliphatic rings. The van der Waals surface area contributed by atoms with Crippen LogP contribution in [-0.2, 0) is 6.54 Å². The number of aromatic amines is 1. The van der Waals surface area contributed by atoms with Crippen LogP contribution in [0, 0.1) is 6.92 Å². The first-order valence-electron chi connectivity index (χ1n) is 6.49. The molecule has 2 heterocycles. The second-order valence-electron chi connectivity index (χ2n) is 4.76. The first kappa shape index (κ1) is 13.2. The van der Waals surface area contributed by atoms with Crippen LogP contribution in [0.15, 0.2) is 35.3 Å². The van der Waals surface area contributed by atoms with Crippen molar-refractivity contribution >= 4 is 5.91 Å². The summed E-state index contributed by atoms with van der Waals surface area (Å²) >= 11 is 0. The summed E-state index contributed by atoms with van der Waals surface area (Å²) < 4.78 is 10.5. The average molecular weight is 286 g/mol. The Hall–Kier alpha value is -2.76. The van der Waals surface area contributed by atoms with Crippen molar-refractivity contribution in [3.05, 3.63) is 57.5 Å². The lowest BCUT2D eigenvalue weighted by molar-refractivity contribution is 0.0949. The van der Waals surface area contributed by atoms with Crippen molar-refractivity contribution in [2.45, 2.75) is 13.5 Å². The molecule has 0 aliphatic carbocycles. The summed E-state index contributed by atoms with van der Waals surface area (Å²) in [5, 5.41) is 2.71. The van der Waals surface area contributed by atoms with E-state index in [-0.39, 0.29) is 17.8 Å². The summed E-state index contributed by atoms with van der Waals surface area (Å²) in [7, 11) is 0. The molecule has 0 saturated heterocycles. The van der Waals surface area contributed by atoms with E-state index < -0.39 is 5.91 Å². The third-order valence-electron chi connectivity index (χ3n) is 3.19. The number of aryl methyl sites for hydroxylation is 1. The Bertz CT molecular complexity index is 752. The highest BCUT2D eigenvalue weighted by Crippen LogP contribution is 2.32. The van der Waals surface area contributed by atoms with E-state index in [1.807, 2.05) is 12.1 Å². The predicted octanol–water partition coefficient (Wildman–Crippen LogP) is 1.34. The van der Waals surface area contributed by atoms with Gasteiger partial charge in [0.15, 0.2) is 16.9 Å². The van der Waals surface area contributed by atoms with Gasteiger partial charge in [0.05, 0.1) is 0 Å². The van der Waals surface area contributed by atoms with Crippen LogP contribution in [0.5, 0.6) is 11.5 Å². The topological polar surface area (TPSA) is 80.4 Å². The quantitative estimate of drug-likeness (QED) is 0.892. The molecule has 2 N–H and O–H groups in total. The van der Waals surface area contributed by atoms with Crippen LogP contribution in [0.2, 0.25) is 0 Å². The van der Waals surface area contributed by atoms with E-state index in [0.717, 1.165) is 5.56 Å². The number of aromatic nitrogens is 1. The number of benzene rings is 1. The van der Waals surface area contributed by atoms with Gasteiger partial charge in [-0.15, -0.1) is 0 Å². The molecular weight excluding hydrogens is 272 g/mol. The Morgan fingerprint density at radius 1 is 1.29 bits per heavy atom. The van der Waals surface area contributed by atoms with Crippen LogP contribution in [0.1, 0.15) is 21.6 Å². The smallest absolute Gasteiger partial charge is 0.257 e. The molecule has 2 aromatic rings. The van der Waals surface area contributed by atoms with Gasteiger partial charge in [-0.05, 0) is 24.6 Å². The van der Waals surface area contributed by atoms with E-state index in [1.54, 1.807) is 13.0 Å². The summed E-state index contributed by atoms with van der Waals surface area (Å²) in [6.07, 6.45) is 1.42. The molecule has 0 radical (unpaired) electrons. The third kappa shape index (κ3) is 2.74. The Morgan fingerprint density at radius 2 is 2.10 bits per heavy atom. The lowest BCUT2D eigenvalue weighted by atomic mass is 10.2. The Labute approximate surface area is 120 Å². The van der Waals surface area contributed by atoms with E-state index in [9.17, 15) is 9.59 Å². The van der Waals surface area contributed by atoms with Crippen molar-refractivity contribution in [1.29, 1.82) is 0 Å². The van der Waals surface area contributed by atoms with Crippen LogP contribution in [0.25, 0.3) is 0 Å². The van der Waals surface area contributed by atoms with E-state index in [2.05, 4.69) is 10.3 Å². The summed E-state index contributed by atoms with van der Waals surface area (Å²) in [6, 6.07) is 6.84. The lowest BCUT2D eigenvalue weighted by Gasteiger charge is -2.06. The molecular formula is C15H14N2O4. The molecule has 0 saturated carbocycles. The van der Waals surface area contributed by atoms with E-state index in [1.165, 1.54) is 12.3 Å². The largest absolute Gasteiger partial charge is 0.454 e. The molecule has 3 rings (SSSR count). The monoisotopic (exact) mass is 286 g/mol. The molecule has 0 unspecified atom stereocenters. The summed E-state index contributed by atoms with van der Waals surface area (Å²) in [4.78, 5) is 26.6. The highest BCUT2D eigenvalue weighted by molar-refractivity contribution is 5.93. The van der Waals surface area contributed by atoms with Gasteiger partial charge in [0, 0.05) is 24.5 Å². The summed E-state index contributed by atoms with van der Waals surface area (Å²) in [6.45, 7) is 2.28. The van der Waals surface area contributed by atoms with E-state index in [4.69, 9.17) is 9.47 Å². The minimum atomic E-state index is -0.408. The number of pyridine rings is 1. The molecule has 6 nitrogen and oxygen atoms in total. The second-order valence-corrected chi connectivity index (χ2v) is 4.76. The van der Waals surface area contributed by atoms with Crippen molar-refractivity contribution in [2.75, 3.05) is 6.79 Å². The number of carbonyl (C=O) groups excluding carboxylic acids is 1. The zero-order chi connectivity index (χ0) is 14.8. The van der Waals surface area contributed by atoms with Gasteiger partial charge < -0.3 is 19.8 Å². The fourth-order valence-electron chi connectivity index (χ4n) is 2.08. The molecule has 108 valence electrons. The zero-order valence-corrected chi connectivity index (χ0v) is 11.4. The van der Waals surface area contributed by atoms with Crippen molar-refractivity contribution in [2.24, 2.45) is 0 Å². The molecule has 21 heavy (non-hydrogen) atoms. The van der Waals surface area contributed by atoms with Crippen LogP contribution < -0.4 is 20.2 Å². The highest BCUT2D eigenvalue weighted by Gasteiger charge is 2.14. The molecule has 6 heteroatoms. The predicted molar refractivity (Wildman–Crippen MR) is 75.5 cm³/mol. The molecule has 0 bridgehead atoms. The molecule has 0 spiro atoms. The Morgan fingerprint density at radius 3 is 2.90 bits per heavy atom. The normalized spacial score (nSPS) is 12.2. The fraction of sp³-hybridized carbons (Fsp3) is 0.200. The minimum absolute atomic E-state index is 0.0985. The van der Waals surface area contributed by atoms with Gasteiger partial charge in [0.1, 0.15) is 5.56 Å². The van der Waals surface area contributed by atoms with Gasteiger partial charge >= 0.3 is 0 Å². The number of nitrogens with one attached hydrogen (secondary N) is 2. The van der Waals surface area contributed by atoms with Crippen LogP contribution >= 0.6 is 0 Å². The maximum absolute atomic E-state index is 12.0. The zero-order valence-electron chi connectivity index (χ0n) is 11.4. The lowest BCUT2D eigenvalue weighted by Crippen LogP contribution is -2.28. The molecule has 0 atom stereocenters. The van der Waals surface area contributed by atoms with Gasteiger partial charge in [-0.25, -0.2) is 0 Å². The van der Waals surface area contributed by atoms with Crippen LogP contribution in [0.3, 0.4) is 0 Å². The number of fused-ring (bicyclic) bond motifs is 1. The molecule has 1 aliphatic heterocycles. The van der Waals surface area contributed by atoms with Crippen molar-refractivity contribution < 1.29 is 14.3 Å². The standard InChI is InChI=1S/C15H14N2O4/c1-9-4-12(18)11(7-16-9)15(19)17-6-10-2-3-13-14(5-10)21-8-20-13/h2-5,7H,6,8H2,1H3,(H,16,18)(H,17,19). The highest BCUT2D eigenvalue weighted by atomic mass is 16.7. The Kier molecular flexibility index (Phi) is 3.35. The number of hydrogen-bond donors (Lipinski definition) is 2. The van der Waals surface area contributed by atoms with Gasteiger partial charge in [-0.3, -0.25) is 9.59 Å². The Balaban J connectivity index is 1.70. The second kappa shape index (κ2) is 5.32. The molecule has 1 amide bonds. The average Bonchev–Trinajstić information content (AvgIpc) is 2.92. The fourth-order valence-corrected chi connectivity index (χ4v) is 2.08. The maximum atomic E-state index is 12.0. The first-order chi connectivity index (χ1) is 10.1. The van der Waals surface area contributed by atoms with Crippen molar-refractivity contribution in [3.63, 3.8) is 0 Å². The number of rotatable bonds is 3. The molecule has 0 fully saturated rings. The third-order valence-corrected chi connectivity index (χ3v) is 3.19. The van der Waals surface area contributed by atoms with Gasteiger partial charge in [-0.1, -0.05) is 6.07 Å². The first-order valence-corrected chi connectivity index (χ1v) is 6.49. The van der Waals surface area contributed by atoms with Crippen LogP contribution in [-0.4, -0.2) is 17.7 Å². The number of hydrogen-bond acceptors (Lipinski definition) is 4. The summed E-state index contributed by atoms with van der Waals surface area (Å²) in [5.41, 5.74) is 1.39. The summed E-state index contributed by atoms with van der Waals surface area (Å²) in [5.74, 6) is 0.948. The minimum Gasteiger partial charge on any atom is -0.454 e. The number of carbonyl (C=O) groups is 1. The van der Waals surface area contributed by atoms with Gasteiger partial charge in [0.25, 0.3) is 5.91 Å². The van der Waals surface area contributed by atoms with Crippen LogP contribution in [0.4, 0.5) is 0 Å². The molecule has 1 aromatic heterocycles. The molecule has 1 aromatic carbocycles. The number of H-pyrrole nitrogens is 1. The number of ether oxygens (including phenoxy) is 2. The van der Waals surface area contributed by atoms with E-state index in [0.29, 0.717) is 23.7 Å². The van der Waals surface area contributed by atoms with Gasteiger partial charge in [0.2, 0.25) is 6.79 Å². The van der Waals surface area contributed by atoms with Crippen molar-refractivity contribution in [3.8, 4) is 11.5 Å². The maximum Gasteiger partial charge on any atom is 0.257 e. The van der Waals surface area contributed by atoms with Crippen molar-refractivity contribution in [1.82, 2.24) is 10.3 Å².